The summed E-state index contributed by atoms with van der Waals surface area (Å²) in [5.74, 6) is -0.474. The minimum Gasteiger partial charge on any atom is -0.465 e. The molecule has 8 heteroatoms. The first-order valence-corrected chi connectivity index (χ1v) is 6.64. The van der Waals surface area contributed by atoms with Crippen LogP contribution in [0.3, 0.4) is 0 Å². The topological polar surface area (TPSA) is 97.1 Å². The number of aliphatic hydroxyl groups is 2. The zero-order chi connectivity index (χ0) is 15.6. The van der Waals surface area contributed by atoms with E-state index in [0.29, 0.717) is 13.1 Å². The molecule has 21 heavy (non-hydrogen) atoms. The predicted octanol–water partition coefficient (Wildman–Crippen LogP) is 0.435. The molecule has 2 atom stereocenters. The molecule has 0 spiro atoms. The number of aromatic nitrogens is 1. The van der Waals surface area contributed by atoms with E-state index >= 15 is 0 Å². The average molecular weight is 299 g/mol. The monoisotopic (exact) mass is 299 g/mol. The fourth-order valence-electron chi connectivity index (χ4n) is 2.23. The van der Waals surface area contributed by atoms with Crippen molar-refractivity contribution >= 4 is 11.9 Å². The minimum absolute atomic E-state index is 0.126. The first-order valence-electron chi connectivity index (χ1n) is 6.64. The summed E-state index contributed by atoms with van der Waals surface area (Å²) in [5.41, 5.74) is 0.204. The van der Waals surface area contributed by atoms with Gasteiger partial charge in [0.05, 0.1) is 6.10 Å². The van der Waals surface area contributed by atoms with Crippen molar-refractivity contribution in [1.82, 2.24) is 9.88 Å². The maximum Gasteiger partial charge on any atom is 0.407 e. The SMILES string of the molecule is C[C@H](O)[C@@H](O)c1cnc(N2CCN(C(=O)O)CC2)c(F)c1. The number of halogens is 1. The molecule has 3 N–H and O–H groups in total. The summed E-state index contributed by atoms with van der Waals surface area (Å²) >= 11 is 0. The van der Waals surface area contributed by atoms with E-state index in [0.717, 1.165) is 6.07 Å². The lowest BCUT2D eigenvalue weighted by Crippen LogP contribution is -2.48. The van der Waals surface area contributed by atoms with Crippen LogP contribution in [0, 0.1) is 5.82 Å². The molecule has 1 aromatic heterocycles. The summed E-state index contributed by atoms with van der Waals surface area (Å²) in [7, 11) is 0. The van der Waals surface area contributed by atoms with E-state index in [1.807, 2.05) is 0 Å². The van der Waals surface area contributed by atoms with Crippen LogP contribution >= 0.6 is 0 Å². The molecule has 1 fully saturated rings. The van der Waals surface area contributed by atoms with Gasteiger partial charge in [0.1, 0.15) is 6.10 Å². The summed E-state index contributed by atoms with van der Waals surface area (Å²) in [5, 5.41) is 27.8. The third-order valence-corrected chi connectivity index (χ3v) is 3.49. The van der Waals surface area contributed by atoms with Crippen LogP contribution in [0.1, 0.15) is 18.6 Å². The maximum absolute atomic E-state index is 14.1. The second-order valence-corrected chi connectivity index (χ2v) is 5.02. The lowest BCUT2D eigenvalue weighted by Gasteiger charge is -2.34. The average Bonchev–Trinajstić information content (AvgIpc) is 2.46. The molecule has 1 amide bonds. The molecule has 7 nitrogen and oxygen atoms in total. The summed E-state index contributed by atoms with van der Waals surface area (Å²) < 4.78 is 14.1. The molecule has 0 bridgehead atoms. The number of carboxylic acid groups (broad SMARTS) is 1. The van der Waals surface area contributed by atoms with E-state index in [-0.39, 0.29) is 24.5 Å². The normalized spacial score (nSPS) is 18.5. The van der Waals surface area contributed by atoms with Crippen molar-refractivity contribution in [2.24, 2.45) is 0 Å². The van der Waals surface area contributed by atoms with Gasteiger partial charge < -0.3 is 25.1 Å². The van der Waals surface area contributed by atoms with E-state index in [4.69, 9.17) is 5.11 Å². The second kappa shape index (κ2) is 6.23. The van der Waals surface area contributed by atoms with Crippen LogP contribution in [0.25, 0.3) is 0 Å². The fraction of sp³-hybridized carbons (Fsp3) is 0.538. The number of carbonyl (C=O) groups is 1. The number of nitrogens with zero attached hydrogens (tertiary/aromatic N) is 3. The van der Waals surface area contributed by atoms with Gasteiger partial charge in [0.2, 0.25) is 0 Å². The summed E-state index contributed by atoms with van der Waals surface area (Å²) in [6.07, 6.45) is -1.88. The Kier molecular flexibility index (Phi) is 4.59. The Bertz CT molecular complexity index is 518. The van der Waals surface area contributed by atoms with Gasteiger partial charge in [-0.3, -0.25) is 0 Å². The van der Waals surface area contributed by atoms with E-state index in [1.54, 1.807) is 4.90 Å². The van der Waals surface area contributed by atoms with Crippen LogP contribution in [-0.2, 0) is 0 Å². The predicted molar refractivity (Wildman–Crippen MR) is 72.6 cm³/mol. The Morgan fingerprint density at radius 3 is 2.43 bits per heavy atom. The summed E-state index contributed by atoms with van der Waals surface area (Å²) in [6, 6.07) is 1.14. The van der Waals surface area contributed by atoms with Crippen molar-refractivity contribution < 1.29 is 24.5 Å². The number of hydrogen-bond donors (Lipinski definition) is 3. The zero-order valence-corrected chi connectivity index (χ0v) is 11.6. The Labute approximate surface area is 121 Å². The zero-order valence-electron chi connectivity index (χ0n) is 11.6. The number of hydrogen-bond acceptors (Lipinski definition) is 5. The van der Waals surface area contributed by atoms with Crippen molar-refractivity contribution in [2.45, 2.75) is 19.1 Å². The molecule has 1 aliphatic rings. The van der Waals surface area contributed by atoms with E-state index < -0.39 is 24.1 Å². The molecular weight excluding hydrogens is 281 g/mol. The van der Waals surface area contributed by atoms with Crippen LogP contribution in [-0.4, -0.2) is 63.6 Å². The van der Waals surface area contributed by atoms with Gasteiger partial charge in [-0.15, -0.1) is 0 Å². The van der Waals surface area contributed by atoms with E-state index in [2.05, 4.69) is 4.98 Å². The van der Waals surface area contributed by atoms with Crippen LogP contribution in [0.5, 0.6) is 0 Å². The molecule has 1 aromatic rings. The smallest absolute Gasteiger partial charge is 0.407 e. The minimum atomic E-state index is -1.19. The highest BCUT2D eigenvalue weighted by Gasteiger charge is 2.24. The molecule has 0 aliphatic carbocycles. The third kappa shape index (κ3) is 3.40. The highest BCUT2D eigenvalue weighted by molar-refractivity contribution is 5.65. The van der Waals surface area contributed by atoms with Crippen molar-refractivity contribution in [3.05, 3.63) is 23.6 Å². The van der Waals surface area contributed by atoms with E-state index in [1.165, 1.54) is 18.0 Å². The van der Waals surface area contributed by atoms with Gasteiger partial charge >= 0.3 is 6.09 Å². The van der Waals surface area contributed by atoms with Crippen LogP contribution in [0.15, 0.2) is 12.3 Å². The summed E-state index contributed by atoms with van der Waals surface area (Å²) in [4.78, 5) is 17.7. The highest BCUT2D eigenvalue weighted by atomic mass is 19.1. The quantitative estimate of drug-likeness (QED) is 0.749. The lowest BCUT2D eigenvalue weighted by molar-refractivity contribution is 0.0301. The van der Waals surface area contributed by atoms with Gasteiger partial charge in [-0.2, -0.15) is 0 Å². The van der Waals surface area contributed by atoms with Crippen LogP contribution in [0.2, 0.25) is 0 Å². The summed E-state index contributed by atoms with van der Waals surface area (Å²) in [6.45, 7) is 2.69. The van der Waals surface area contributed by atoms with Gasteiger partial charge in [0.15, 0.2) is 11.6 Å². The van der Waals surface area contributed by atoms with Crippen LogP contribution < -0.4 is 4.90 Å². The number of pyridine rings is 1. The Morgan fingerprint density at radius 1 is 1.33 bits per heavy atom. The molecule has 0 saturated carbocycles. The molecule has 1 aliphatic heterocycles. The molecule has 2 rings (SSSR count). The maximum atomic E-state index is 14.1. The van der Waals surface area contributed by atoms with Crippen LogP contribution in [0.4, 0.5) is 15.0 Å². The van der Waals surface area contributed by atoms with Crippen molar-refractivity contribution in [3.63, 3.8) is 0 Å². The molecule has 0 aromatic carbocycles. The standard InChI is InChI=1S/C13H18FN3O4/c1-8(18)11(19)9-6-10(14)12(15-7-9)16-2-4-17(5-3-16)13(20)21/h6-8,11,18-19H,2-5H2,1H3,(H,20,21)/t8-,11+/m0/s1. The first kappa shape index (κ1) is 15.5. The molecule has 116 valence electrons. The van der Waals surface area contributed by atoms with Gasteiger partial charge in [-0.1, -0.05) is 0 Å². The molecule has 1 saturated heterocycles. The van der Waals surface area contributed by atoms with Gasteiger partial charge in [0, 0.05) is 37.9 Å². The number of anilines is 1. The largest absolute Gasteiger partial charge is 0.465 e. The fourth-order valence-corrected chi connectivity index (χ4v) is 2.23. The molecular formula is C13H18FN3O4. The molecule has 0 radical (unpaired) electrons. The van der Waals surface area contributed by atoms with Gasteiger partial charge in [-0.25, -0.2) is 14.2 Å². The Hall–Kier alpha value is -1.93. The molecule has 2 heterocycles. The van der Waals surface area contributed by atoms with Crippen molar-refractivity contribution in [1.29, 1.82) is 0 Å². The third-order valence-electron chi connectivity index (χ3n) is 3.49. The van der Waals surface area contributed by atoms with Gasteiger partial charge in [0.25, 0.3) is 0 Å². The Morgan fingerprint density at radius 2 is 1.95 bits per heavy atom. The first-order chi connectivity index (χ1) is 9.90. The van der Waals surface area contributed by atoms with Gasteiger partial charge in [-0.05, 0) is 13.0 Å². The number of rotatable bonds is 3. The van der Waals surface area contributed by atoms with Crippen molar-refractivity contribution in [2.75, 3.05) is 31.1 Å². The number of amides is 1. The van der Waals surface area contributed by atoms with Crippen molar-refractivity contribution in [3.8, 4) is 0 Å². The highest BCUT2D eigenvalue weighted by Crippen LogP contribution is 2.23. The van der Waals surface area contributed by atoms with E-state index in [9.17, 15) is 19.4 Å². The Balaban J connectivity index is 2.10. The number of piperazine rings is 1. The second-order valence-electron chi connectivity index (χ2n) is 5.02. The lowest BCUT2D eigenvalue weighted by atomic mass is 10.1. The number of aliphatic hydroxyl groups excluding tert-OH is 2. The molecule has 0 unspecified atom stereocenters.